The number of amides is 1. The molecule has 4 heteroatoms. The van der Waals surface area contributed by atoms with Crippen LogP contribution in [-0.2, 0) is 4.79 Å². The van der Waals surface area contributed by atoms with Gasteiger partial charge in [0.05, 0.1) is 5.92 Å². The van der Waals surface area contributed by atoms with E-state index in [-0.39, 0.29) is 18.4 Å². The topological polar surface area (TPSA) is 52.6 Å². The fraction of sp³-hybridized carbons (Fsp3) is 0.938. The maximum absolute atomic E-state index is 12.6. The lowest BCUT2D eigenvalue weighted by Crippen LogP contribution is -2.41. The normalized spacial score (nSPS) is 22.1. The van der Waals surface area contributed by atoms with Gasteiger partial charge in [-0.15, -0.1) is 0 Å². The van der Waals surface area contributed by atoms with E-state index in [9.17, 15) is 4.79 Å². The third-order valence-corrected chi connectivity index (χ3v) is 4.27. The van der Waals surface area contributed by atoms with Crippen LogP contribution in [-0.4, -0.2) is 48.2 Å². The van der Waals surface area contributed by atoms with E-state index in [0.717, 1.165) is 25.9 Å². The van der Waals surface area contributed by atoms with E-state index in [0.29, 0.717) is 19.0 Å². The molecule has 0 aliphatic carbocycles. The fourth-order valence-corrected chi connectivity index (χ4v) is 2.93. The van der Waals surface area contributed by atoms with E-state index < -0.39 is 0 Å². The fourth-order valence-electron chi connectivity index (χ4n) is 2.93. The zero-order valence-corrected chi connectivity index (χ0v) is 13.2. The first-order valence-corrected chi connectivity index (χ1v) is 8.33. The van der Waals surface area contributed by atoms with Crippen LogP contribution >= 0.6 is 0 Å². The molecule has 0 saturated carbocycles. The first-order valence-electron chi connectivity index (χ1n) is 8.33. The number of rotatable bonds is 10. The molecule has 0 radical (unpaired) electrons. The Morgan fingerprint density at radius 2 is 1.90 bits per heavy atom. The average Bonchev–Trinajstić information content (AvgIpc) is 2.87. The summed E-state index contributed by atoms with van der Waals surface area (Å²) >= 11 is 0. The summed E-state index contributed by atoms with van der Waals surface area (Å²) in [5.41, 5.74) is 0. The molecule has 1 aliphatic rings. The van der Waals surface area contributed by atoms with Gasteiger partial charge in [-0.05, 0) is 32.7 Å². The molecule has 118 valence electrons. The van der Waals surface area contributed by atoms with Crippen molar-refractivity contribution in [2.75, 3.05) is 26.2 Å². The minimum atomic E-state index is 0.129. The Hall–Kier alpha value is -0.610. The second-order valence-corrected chi connectivity index (χ2v) is 5.95. The van der Waals surface area contributed by atoms with Gasteiger partial charge in [0.1, 0.15) is 0 Å². The highest BCUT2D eigenvalue weighted by molar-refractivity contribution is 5.79. The highest BCUT2D eigenvalue weighted by atomic mass is 16.3. The van der Waals surface area contributed by atoms with E-state index in [1.54, 1.807) is 0 Å². The van der Waals surface area contributed by atoms with Crippen molar-refractivity contribution in [3.05, 3.63) is 0 Å². The molecule has 2 atom stereocenters. The molecular weight excluding hydrogens is 252 g/mol. The molecule has 2 unspecified atom stereocenters. The minimum absolute atomic E-state index is 0.129. The molecule has 0 aromatic carbocycles. The van der Waals surface area contributed by atoms with Crippen molar-refractivity contribution >= 4 is 5.91 Å². The summed E-state index contributed by atoms with van der Waals surface area (Å²) in [6.45, 7) is 6.98. The molecular formula is C16H32N2O2. The molecule has 1 amide bonds. The molecule has 0 spiro atoms. The largest absolute Gasteiger partial charge is 0.396 e. The second kappa shape index (κ2) is 10.2. The third-order valence-electron chi connectivity index (χ3n) is 4.27. The third kappa shape index (κ3) is 5.80. The van der Waals surface area contributed by atoms with Crippen molar-refractivity contribution in [2.24, 2.45) is 5.92 Å². The Bertz CT molecular complexity index is 271. The Balaban J connectivity index is 2.39. The molecule has 1 fully saturated rings. The minimum Gasteiger partial charge on any atom is -0.396 e. The highest BCUT2D eigenvalue weighted by Crippen LogP contribution is 2.19. The highest BCUT2D eigenvalue weighted by Gasteiger charge is 2.32. The number of aliphatic hydroxyl groups is 1. The molecule has 1 rings (SSSR count). The van der Waals surface area contributed by atoms with Crippen molar-refractivity contribution in [2.45, 2.75) is 64.8 Å². The smallest absolute Gasteiger partial charge is 0.227 e. The zero-order chi connectivity index (χ0) is 14.8. The molecule has 2 N–H and O–H groups in total. The first kappa shape index (κ1) is 17.4. The molecule has 0 aromatic heterocycles. The van der Waals surface area contributed by atoms with Gasteiger partial charge >= 0.3 is 0 Å². The Morgan fingerprint density at radius 1 is 1.20 bits per heavy atom. The van der Waals surface area contributed by atoms with Crippen molar-refractivity contribution in [1.29, 1.82) is 0 Å². The van der Waals surface area contributed by atoms with Crippen LogP contribution in [0.25, 0.3) is 0 Å². The average molecular weight is 284 g/mol. The molecule has 0 bridgehead atoms. The second-order valence-electron chi connectivity index (χ2n) is 5.95. The number of nitrogens with one attached hydrogen (secondary N) is 1. The zero-order valence-electron chi connectivity index (χ0n) is 13.2. The number of hydrogen-bond donors (Lipinski definition) is 2. The van der Waals surface area contributed by atoms with Gasteiger partial charge in [-0.1, -0.05) is 32.6 Å². The summed E-state index contributed by atoms with van der Waals surface area (Å²) in [5.74, 6) is 0.413. The molecule has 20 heavy (non-hydrogen) atoms. The Labute approximate surface area is 123 Å². The summed E-state index contributed by atoms with van der Waals surface area (Å²) in [4.78, 5) is 14.6. The molecule has 4 nitrogen and oxygen atoms in total. The van der Waals surface area contributed by atoms with Gasteiger partial charge in [0.15, 0.2) is 0 Å². The SMILES string of the molecule is CCCCCCCN(CCCO)C(=O)C1CCNC1C. The number of unbranched alkanes of at least 4 members (excludes halogenated alkanes) is 4. The monoisotopic (exact) mass is 284 g/mol. The predicted molar refractivity (Wildman–Crippen MR) is 82.6 cm³/mol. The molecule has 1 saturated heterocycles. The van der Waals surface area contributed by atoms with Gasteiger partial charge in [0, 0.05) is 25.7 Å². The van der Waals surface area contributed by atoms with Gasteiger partial charge in [0.25, 0.3) is 0 Å². The Kier molecular flexibility index (Phi) is 8.86. The number of aliphatic hydroxyl groups excluding tert-OH is 1. The van der Waals surface area contributed by atoms with Gasteiger partial charge in [-0.3, -0.25) is 4.79 Å². The van der Waals surface area contributed by atoms with Crippen LogP contribution in [0.15, 0.2) is 0 Å². The van der Waals surface area contributed by atoms with Crippen molar-refractivity contribution in [3.8, 4) is 0 Å². The van der Waals surface area contributed by atoms with Crippen LogP contribution < -0.4 is 5.32 Å². The Morgan fingerprint density at radius 3 is 2.50 bits per heavy atom. The predicted octanol–water partition coefficient (Wildman–Crippen LogP) is 2.17. The van der Waals surface area contributed by atoms with Crippen molar-refractivity contribution in [1.82, 2.24) is 10.2 Å². The number of hydrogen-bond acceptors (Lipinski definition) is 3. The maximum atomic E-state index is 12.6. The number of carbonyl (C=O) groups is 1. The summed E-state index contributed by atoms with van der Waals surface area (Å²) in [6.07, 6.45) is 7.73. The van der Waals surface area contributed by atoms with Crippen LogP contribution in [0.1, 0.15) is 58.8 Å². The van der Waals surface area contributed by atoms with Crippen molar-refractivity contribution < 1.29 is 9.90 Å². The van der Waals surface area contributed by atoms with Gasteiger partial charge in [0.2, 0.25) is 5.91 Å². The lowest BCUT2D eigenvalue weighted by molar-refractivity contribution is -0.136. The number of carbonyl (C=O) groups excluding carboxylic acids is 1. The molecule has 1 heterocycles. The number of nitrogens with zero attached hydrogens (tertiary/aromatic N) is 1. The van der Waals surface area contributed by atoms with Crippen LogP contribution in [0.4, 0.5) is 0 Å². The summed E-state index contributed by atoms with van der Waals surface area (Å²) in [5, 5.41) is 12.4. The first-order chi connectivity index (χ1) is 9.70. The standard InChI is InChI=1S/C16H32N2O2/c1-3-4-5-6-7-11-18(12-8-13-19)16(20)15-9-10-17-14(15)2/h14-15,17,19H,3-13H2,1-2H3. The van der Waals surface area contributed by atoms with E-state index >= 15 is 0 Å². The van der Waals surface area contributed by atoms with Crippen LogP contribution in [0.2, 0.25) is 0 Å². The van der Waals surface area contributed by atoms with Gasteiger partial charge in [-0.25, -0.2) is 0 Å². The van der Waals surface area contributed by atoms with E-state index in [1.807, 2.05) is 4.90 Å². The molecule has 1 aliphatic heterocycles. The van der Waals surface area contributed by atoms with Crippen LogP contribution in [0.3, 0.4) is 0 Å². The van der Waals surface area contributed by atoms with Gasteiger partial charge < -0.3 is 15.3 Å². The summed E-state index contributed by atoms with van der Waals surface area (Å²) in [7, 11) is 0. The lowest BCUT2D eigenvalue weighted by Gasteiger charge is -2.27. The molecule has 0 aromatic rings. The van der Waals surface area contributed by atoms with E-state index in [2.05, 4.69) is 19.2 Å². The van der Waals surface area contributed by atoms with Crippen LogP contribution in [0.5, 0.6) is 0 Å². The summed E-state index contributed by atoms with van der Waals surface area (Å²) < 4.78 is 0. The summed E-state index contributed by atoms with van der Waals surface area (Å²) in [6, 6.07) is 0.291. The van der Waals surface area contributed by atoms with E-state index in [1.165, 1.54) is 25.7 Å². The van der Waals surface area contributed by atoms with E-state index in [4.69, 9.17) is 5.11 Å². The maximum Gasteiger partial charge on any atom is 0.227 e. The van der Waals surface area contributed by atoms with Crippen LogP contribution in [0, 0.1) is 5.92 Å². The van der Waals surface area contributed by atoms with Gasteiger partial charge in [-0.2, -0.15) is 0 Å². The quantitative estimate of drug-likeness (QED) is 0.605. The van der Waals surface area contributed by atoms with Crippen molar-refractivity contribution in [3.63, 3.8) is 0 Å². The lowest BCUT2D eigenvalue weighted by atomic mass is 10.00.